The van der Waals surface area contributed by atoms with E-state index in [0.717, 1.165) is 11.1 Å². The predicted molar refractivity (Wildman–Crippen MR) is 69.9 cm³/mol. The van der Waals surface area contributed by atoms with Crippen LogP contribution < -0.4 is 5.56 Å². The highest BCUT2D eigenvalue weighted by Crippen LogP contribution is 2.11. The number of hydrogen-bond acceptors (Lipinski definition) is 3. The van der Waals surface area contributed by atoms with Crippen LogP contribution in [0.1, 0.15) is 5.56 Å². The Bertz CT molecular complexity index is 601. The first-order chi connectivity index (χ1) is 7.72. The van der Waals surface area contributed by atoms with Crippen molar-refractivity contribution in [1.29, 1.82) is 0 Å². The summed E-state index contributed by atoms with van der Waals surface area (Å²) in [6.45, 7) is 0. The normalized spacial score (nSPS) is 11.4. The molecule has 0 atom stereocenters. The van der Waals surface area contributed by atoms with Gasteiger partial charge in [-0.2, -0.15) is 12.6 Å². The summed E-state index contributed by atoms with van der Waals surface area (Å²) in [6.07, 6.45) is 5.41. The SMILES string of the molecule is Cn1cnc2ccc(C=CCS)cc2c1=O. The summed E-state index contributed by atoms with van der Waals surface area (Å²) in [5, 5.41) is 0.645. The molecule has 2 rings (SSSR count). The number of thiol groups is 1. The van der Waals surface area contributed by atoms with E-state index in [-0.39, 0.29) is 5.56 Å². The van der Waals surface area contributed by atoms with E-state index in [4.69, 9.17) is 0 Å². The van der Waals surface area contributed by atoms with E-state index in [0.29, 0.717) is 11.1 Å². The Hall–Kier alpha value is -1.55. The third kappa shape index (κ3) is 2.02. The molecule has 0 aliphatic heterocycles. The van der Waals surface area contributed by atoms with Crippen molar-refractivity contribution in [1.82, 2.24) is 9.55 Å². The fourth-order valence-electron chi connectivity index (χ4n) is 1.52. The summed E-state index contributed by atoms with van der Waals surface area (Å²) in [6, 6.07) is 5.65. The van der Waals surface area contributed by atoms with Crippen LogP contribution >= 0.6 is 12.6 Å². The van der Waals surface area contributed by atoms with Crippen molar-refractivity contribution in [3.8, 4) is 0 Å². The van der Waals surface area contributed by atoms with Crippen molar-refractivity contribution in [3.63, 3.8) is 0 Å². The van der Waals surface area contributed by atoms with Crippen LogP contribution in [0, 0.1) is 0 Å². The summed E-state index contributed by atoms with van der Waals surface area (Å²) in [5.74, 6) is 0.684. The van der Waals surface area contributed by atoms with Crippen molar-refractivity contribution in [2.45, 2.75) is 0 Å². The third-order valence-corrected chi connectivity index (χ3v) is 2.57. The molecular formula is C12H12N2OS. The van der Waals surface area contributed by atoms with Crippen molar-refractivity contribution in [2.75, 3.05) is 5.75 Å². The van der Waals surface area contributed by atoms with E-state index in [2.05, 4.69) is 17.6 Å². The number of hydrogen-bond donors (Lipinski definition) is 1. The standard InChI is InChI=1S/C12H12N2OS/c1-14-8-13-11-5-4-9(3-2-6-16)7-10(11)12(14)15/h2-5,7-8,16H,6H2,1H3. The fraction of sp³-hybridized carbons (Fsp3) is 0.167. The van der Waals surface area contributed by atoms with Crippen molar-refractivity contribution in [2.24, 2.45) is 7.05 Å². The van der Waals surface area contributed by atoms with Crippen LogP contribution in [0.15, 0.2) is 35.4 Å². The Kier molecular flexibility index (Phi) is 3.10. The fourth-order valence-corrected chi connectivity index (χ4v) is 1.63. The van der Waals surface area contributed by atoms with Gasteiger partial charge in [-0.05, 0) is 17.7 Å². The van der Waals surface area contributed by atoms with Gasteiger partial charge in [0.15, 0.2) is 0 Å². The lowest BCUT2D eigenvalue weighted by molar-refractivity contribution is 0.843. The van der Waals surface area contributed by atoms with Gasteiger partial charge in [0, 0.05) is 12.8 Å². The summed E-state index contributed by atoms with van der Waals surface area (Å²) in [5.41, 5.74) is 1.70. The Labute approximate surface area is 98.8 Å². The van der Waals surface area contributed by atoms with Gasteiger partial charge in [-0.25, -0.2) is 4.98 Å². The molecule has 16 heavy (non-hydrogen) atoms. The van der Waals surface area contributed by atoms with E-state index < -0.39 is 0 Å². The number of aromatic nitrogens is 2. The van der Waals surface area contributed by atoms with Crippen LogP contribution in [0.3, 0.4) is 0 Å². The number of fused-ring (bicyclic) bond motifs is 1. The van der Waals surface area contributed by atoms with Gasteiger partial charge in [0.2, 0.25) is 0 Å². The number of nitrogens with zero attached hydrogens (tertiary/aromatic N) is 2. The highest BCUT2D eigenvalue weighted by atomic mass is 32.1. The lowest BCUT2D eigenvalue weighted by Gasteiger charge is -2.01. The summed E-state index contributed by atoms with van der Waals surface area (Å²) < 4.78 is 1.48. The molecule has 0 aliphatic carbocycles. The minimum absolute atomic E-state index is 0.0221. The molecular weight excluding hydrogens is 220 g/mol. The Morgan fingerprint density at radius 1 is 1.50 bits per heavy atom. The first-order valence-electron chi connectivity index (χ1n) is 4.95. The molecule has 1 heterocycles. The minimum atomic E-state index is -0.0221. The zero-order chi connectivity index (χ0) is 11.5. The zero-order valence-corrected chi connectivity index (χ0v) is 9.82. The third-order valence-electron chi connectivity index (χ3n) is 2.36. The second-order valence-corrected chi connectivity index (χ2v) is 3.89. The van der Waals surface area contributed by atoms with Gasteiger partial charge in [-0.3, -0.25) is 4.79 Å². The molecule has 0 bridgehead atoms. The minimum Gasteiger partial charge on any atom is -0.302 e. The molecule has 2 aromatic rings. The average Bonchev–Trinajstić information content (AvgIpc) is 2.31. The van der Waals surface area contributed by atoms with Gasteiger partial charge in [0.1, 0.15) is 0 Å². The summed E-state index contributed by atoms with van der Waals surface area (Å²) in [4.78, 5) is 16.0. The lowest BCUT2D eigenvalue weighted by atomic mass is 10.1. The number of benzene rings is 1. The van der Waals surface area contributed by atoms with Crippen LogP contribution in [0.4, 0.5) is 0 Å². The molecule has 0 amide bonds. The van der Waals surface area contributed by atoms with Crippen LogP contribution in [0.2, 0.25) is 0 Å². The zero-order valence-electron chi connectivity index (χ0n) is 8.92. The number of rotatable bonds is 2. The van der Waals surface area contributed by atoms with Gasteiger partial charge in [-0.1, -0.05) is 18.2 Å². The lowest BCUT2D eigenvalue weighted by Crippen LogP contribution is -2.16. The van der Waals surface area contributed by atoms with Crippen LogP contribution in [-0.4, -0.2) is 15.3 Å². The summed E-state index contributed by atoms with van der Waals surface area (Å²) in [7, 11) is 1.70. The van der Waals surface area contributed by atoms with Gasteiger partial charge < -0.3 is 4.57 Å². The topological polar surface area (TPSA) is 34.9 Å². The molecule has 82 valence electrons. The Morgan fingerprint density at radius 3 is 3.06 bits per heavy atom. The van der Waals surface area contributed by atoms with Crippen molar-refractivity contribution in [3.05, 3.63) is 46.5 Å². The maximum Gasteiger partial charge on any atom is 0.260 e. The smallest absolute Gasteiger partial charge is 0.260 e. The first-order valence-corrected chi connectivity index (χ1v) is 5.58. The molecule has 3 nitrogen and oxygen atoms in total. The molecule has 0 saturated carbocycles. The average molecular weight is 232 g/mol. The Morgan fingerprint density at radius 2 is 2.31 bits per heavy atom. The van der Waals surface area contributed by atoms with E-state index >= 15 is 0 Å². The second kappa shape index (κ2) is 4.53. The maximum atomic E-state index is 11.8. The van der Waals surface area contributed by atoms with E-state index in [1.165, 1.54) is 10.9 Å². The highest BCUT2D eigenvalue weighted by Gasteiger charge is 2.01. The molecule has 0 aliphatic rings. The van der Waals surface area contributed by atoms with E-state index in [9.17, 15) is 4.79 Å². The van der Waals surface area contributed by atoms with Crippen molar-refractivity contribution < 1.29 is 0 Å². The molecule has 0 radical (unpaired) electrons. The molecule has 0 fully saturated rings. The van der Waals surface area contributed by atoms with E-state index in [1.54, 1.807) is 7.05 Å². The molecule has 0 unspecified atom stereocenters. The van der Waals surface area contributed by atoms with Crippen LogP contribution in [-0.2, 0) is 7.05 Å². The molecule has 0 spiro atoms. The quantitative estimate of drug-likeness (QED) is 0.802. The van der Waals surface area contributed by atoms with E-state index in [1.807, 2.05) is 30.4 Å². The highest BCUT2D eigenvalue weighted by molar-refractivity contribution is 7.80. The van der Waals surface area contributed by atoms with Gasteiger partial charge in [-0.15, -0.1) is 0 Å². The molecule has 0 saturated heterocycles. The molecule has 1 aromatic carbocycles. The Balaban J connectivity index is 2.64. The van der Waals surface area contributed by atoms with Gasteiger partial charge in [0.25, 0.3) is 5.56 Å². The first kappa shape index (κ1) is 11.0. The predicted octanol–water partition coefficient (Wildman–Crippen LogP) is 1.88. The van der Waals surface area contributed by atoms with Gasteiger partial charge in [0.05, 0.1) is 17.2 Å². The van der Waals surface area contributed by atoms with Crippen molar-refractivity contribution >= 4 is 29.6 Å². The monoisotopic (exact) mass is 232 g/mol. The van der Waals surface area contributed by atoms with Crippen LogP contribution in [0.5, 0.6) is 0 Å². The molecule has 0 N–H and O–H groups in total. The van der Waals surface area contributed by atoms with Gasteiger partial charge >= 0.3 is 0 Å². The maximum absolute atomic E-state index is 11.8. The number of aryl methyl sites for hydroxylation is 1. The molecule has 4 heteroatoms. The van der Waals surface area contributed by atoms with Crippen LogP contribution in [0.25, 0.3) is 17.0 Å². The summed E-state index contributed by atoms with van der Waals surface area (Å²) >= 11 is 4.10. The molecule has 1 aromatic heterocycles. The largest absolute Gasteiger partial charge is 0.302 e. The second-order valence-electron chi connectivity index (χ2n) is 3.52.